The molecule has 13 heteroatoms. The molecule has 0 bridgehead atoms. The number of aromatic nitrogens is 3. The normalized spacial score (nSPS) is 11.5. The van der Waals surface area contributed by atoms with E-state index in [-0.39, 0.29) is 34.4 Å². The molecule has 0 radical (unpaired) electrons. The highest BCUT2D eigenvalue weighted by Gasteiger charge is 2.27. The van der Waals surface area contributed by atoms with Crippen molar-refractivity contribution in [2.75, 3.05) is 33.1 Å². The number of hydrogen-bond donors (Lipinski definition) is 4. The third kappa shape index (κ3) is 5.93. The van der Waals surface area contributed by atoms with E-state index in [4.69, 9.17) is 20.6 Å². The Morgan fingerprint density at radius 1 is 1.18 bits per heavy atom. The minimum absolute atomic E-state index is 0.0447. The van der Waals surface area contributed by atoms with E-state index in [1.165, 1.54) is 42.3 Å². The van der Waals surface area contributed by atoms with Gasteiger partial charge in [-0.2, -0.15) is 4.68 Å². The predicted octanol–water partition coefficient (Wildman–Crippen LogP) is 2.80. The molecule has 4 aromatic rings. The molecule has 1 amide bonds. The van der Waals surface area contributed by atoms with Crippen molar-refractivity contribution in [1.82, 2.24) is 19.7 Å². The molecular weight excluding hydrogens is 524 g/mol. The lowest BCUT2D eigenvalue weighted by Gasteiger charge is -2.21. The van der Waals surface area contributed by atoms with Gasteiger partial charge in [0, 0.05) is 37.0 Å². The first kappa shape index (κ1) is 27.8. The number of para-hydroxylation sites is 1. The molecule has 0 aliphatic carbocycles. The van der Waals surface area contributed by atoms with E-state index < -0.39 is 35.9 Å². The largest absolute Gasteiger partial charge is 0.497 e. The van der Waals surface area contributed by atoms with Crippen LogP contribution in [-0.4, -0.2) is 59.2 Å². The van der Waals surface area contributed by atoms with Crippen molar-refractivity contribution < 1.29 is 23.0 Å². The molecule has 0 aliphatic rings. The second-order valence-electron chi connectivity index (χ2n) is 8.85. The highest BCUT2D eigenvalue weighted by molar-refractivity contribution is 5.95. The fourth-order valence-electron chi connectivity index (χ4n) is 3.76. The summed E-state index contributed by atoms with van der Waals surface area (Å²) in [7, 11) is 4.46. The van der Waals surface area contributed by atoms with E-state index in [0.29, 0.717) is 11.3 Å². The average Bonchev–Trinajstić information content (AvgIpc) is 3.32. The van der Waals surface area contributed by atoms with Crippen LogP contribution in [-0.2, 0) is 4.79 Å². The lowest BCUT2D eigenvalue weighted by atomic mass is 10.0. The number of nitrogens with one attached hydrogen (secondary N) is 3. The van der Waals surface area contributed by atoms with Crippen molar-refractivity contribution in [3.8, 4) is 17.2 Å². The van der Waals surface area contributed by atoms with Crippen molar-refractivity contribution in [2.24, 2.45) is 5.73 Å². The molecule has 11 nitrogen and oxygen atoms in total. The molecule has 1 aromatic heterocycles. The molecule has 1 heterocycles. The number of amides is 1. The lowest BCUT2D eigenvalue weighted by molar-refractivity contribution is -0.130. The van der Waals surface area contributed by atoms with Crippen LogP contribution in [0.25, 0.3) is 5.69 Å². The maximum atomic E-state index is 16.0. The van der Waals surface area contributed by atoms with Gasteiger partial charge in [-0.05, 0) is 42.5 Å². The number of rotatable bonds is 10. The second-order valence-corrected chi connectivity index (χ2v) is 8.85. The van der Waals surface area contributed by atoms with Crippen molar-refractivity contribution in [3.63, 3.8) is 0 Å². The summed E-state index contributed by atoms with van der Waals surface area (Å²) in [4.78, 5) is 28.8. The van der Waals surface area contributed by atoms with Crippen LogP contribution >= 0.6 is 0 Å². The standard InChI is InChI=1S/C27H27F2N7O4/c1-35(2)22(37)14-40-21-13-17(39-3)12-18(23(21)29)24(32-16-10-8-15(9-11-16)25(30)31)26-33-27(38)36(34-26)20-7-5-4-6-19(20)28/h4-13,24,32H,14H2,1-3H3,(H3,30,31)(H,33,34,38). The average molecular weight is 552 g/mol. The number of nitrogens with two attached hydrogens (primary N) is 1. The Bertz CT molecular complexity index is 1600. The SMILES string of the molecule is COc1cc(OCC(=O)N(C)C)c(F)c(C(Nc2ccc(C(=N)N)cc2)c2nn(-c3ccccc3F)c(=O)[nH]2)c1. The van der Waals surface area contributed by atoms with Gasteiger partial charge in [-0.1, -0.05) is 12.1 Å². The van der Waals surface area contributed by atoms with Crippen LogP contribution in [0.4, 0.5) is 14.5 Å². The summed E-state index contributed by atoms with van der Waals surface area (Å²) in [5.41, 5.74) is 5.57. The minimum atomic E-state index is -1.15. The van der Waals surface area contributed by atoms with Crippen molar-refractivity contribution in [2.45, 2.75) is 6.04 Å². The van der Waals surface area contributed by atoms with Crippen LogP contribution in [0.3, 0.4) is 0 Å². The smallest absolute Gasteiger partial charge is 0.348 e. The molecule has 0 saturated carbocycles. The lowest BCUT2D eigenvalue weighted by Crippen LogP contribution is -2.27. The Morgan fingerprint density at radius 3 is 2.50 bits per heavy atom. The van der Waals surface area contributed by atoms with Crippen molar-refractivity contribution in [1.29, 1.82) is 5.41 Å². The molecule has 3 aromatic carbocycles. The molecule has 0 spiro atoms. The van der Waals surface area contributed by atoms with Crippen LogP contribution in [0.5, 0.6) is 11.5 Å². The summed E-state index contributed by atoms with van der Waals surface area (Å²) in [6, 6.07) is 13.5. The third-order valence-electron chi connectivity index (χ3n) is 5.93. The summed E-state index contributed by atoms with van der Waals surface area (Å²) in [6.07, 6.45) is 0. The zero-order valence-corrected chi connectivity index (χ0v) is 21.9. The van der Waals surface area contributed by atoms with Crippen LogP contribution < -0.4 is 26.2 Å². The van der Waals surface area contributed by atoms with E-state index in [9.17, 15) is 14.0 Å². The van der Waals surface area contributed by atoms with Crippen LogP contribution in [0.2, 0.25) is 0 Å². The number of hydrogen-bond acceptors (Lipinski definition) is 7. The Kier molecular flexibility index (Phi) is 8.12. The Morgan fingerprint density at radius 2 is 1.88 bits per heavy atom. The maximum absolute atomic E-state index is 16.0. The predicted molar refractivity (Wildman–Crippen MR) is 144 cm³/mol. The first-order valence-electron chi connectivity index (χ1n) is 11.9. The van der Waals surface area contributed by atoms with Gasteiger partial charge in [0.2, 0.25) is 0 Å². The highest BCUT2D eigenvalue weighted by Crippen LogP contribution is 2.35. The van der Waals surface area contributed by atoms with E-state index >= 15 is 4.39 Å². The van der Waals surface area contributed by atoms with E-state index in [2.05, 4.69) is 15.4 Å². The van der Waals surface area contributed by atoms with Crippen molar-refractivity contribution in [3.05, 3.63) is 99.7 Å². The Balaban J connectivity index is 1.84. The topological polar surface area (TPSA) is 151 Å². The quantitative estimate of drug-likeness (QED) is 0.175. The number of halogens is 2. The number of nitrogens with zero attached hydrogens (tertiary/aromatic N) is 3. The summed E-state index contributed by atoms with van der Waals surface area (Å²) in [6.45, 7) is -0.431. The van der Waals surface area contributed by atoms with Crippen LogP contribution in [0, 0.1) is 17.0 Å². The first-order chi connectivity index (χ1) is 19.1. The molecule has 0 aliphatic heterocycles. The number of aromatic amines is 1. The number of likely N-dealkylation sites (N-methyl/N-ethyl adjacent to an activating group) is 1. The summed E-state index contributed by atoms with van der Waals surface area (Å²) in [5.74, 6) is -2.16. The molecule has 0 saturated heterocycles. The van der Waals surface area contributed by atoms with E-state index in [1.807, 2.05) is 0 Å². The van der Waals surface area contributed by atoms with E-state index in [0.717, 1.165) is 4.68 Å². The maximum Gasteiger partial charge on any atom is 0.348 e. The van der Waals surface area contributed by atoms with Gasteiger partial charge >= 0.3 is 5.69 Å². The number of carbonyl (C=O) groups excluding carboxylic acids is 1. The molecular formula is C27H27F2N7O4. The van der Waals surface area contributed by atoms with Crippen LogP contribution in [0.1, 0.15) is 23.0 Å². The summed E-state index contributed by atoms with van der Waals surface area (Å²) < 4.78 is 42.1. The third-order valence-corrected chi connectivity index (χ3v) is 5.93. The number of H-pyrrole nitrogens is 1. The second kappa shape index (κ2) is 11.7. The minimum Gasteiger partial charge on any atom is -0.497 e. The highest BCUT2D eigenvalue weighted by atomic mass is 19.1. The number of anilines is 1. The number of carbonyl (C=O) groups is 1. The van der Waals surface area contributed by atoms with Gasteiger partial charge in [-0.3, -0.25) is 15.2 Å². The fourth-order valence-corrected chi connectivity index (χ4v) is 3.76. The van der Waals surface area contributed by atoms with Gasteiger partial charge < -0.3 is 25.4 Å². The number of ether oxygens (including phenoxy) is 2. The molecule has 4 rings (SSSR count). The molecule has 208 valence electrons. The number of nitrogen functional groups attached to an aromatic ring is 1. The number of methoxy groups -OCH3 is 1. The summed E-state index contributed by atoms with van der Waals surface area (Å²) in [5, 5.41) is 15.0. The zero-order chi connectivity index (χ0) is 29.0. The Labute approximate surface area is 227 Å². The molecule has 1 unspecified atom stereocenters. The zero-order valence-electron chi connectivity index (χ0n) is 21.9. The monoisotopic (exact) mass is 551 g/mol. The Hall–Kier alpha value is -5.20. The molecule has 1 atom stereocenters. The molecule has 5 N–H and O–H groups in total. The number of benzene rings is 3. The van der Waals surface area contributed by atoms with E-state index in [1.54, 1.807) is 44.4 Å². The van der Waals surface area contributed by atoms with Gasteiger partial charge in [-0.25, -0.2) is 13.6 Å². The van der Waals surface area contributed by atoms with Gasteiger partial charge in [0.15, 0.2) is 24.0 Å². The van der Waals surface area contributed by atoms with Gasteiger partial charge in [0.05, 0.1) is 7.11 Å². The van der Waals surface area contributed by atoms with Crippen molar-refractivity contribution >= 4 is 17.4 Å². The van der Waals surface area contributed by atoms with Gasteiger partial charge in [0.25, 0.3) is 5.91 Å². The van der Waals surface area contributed by atoms with Gasteiger partial charge in [-0.15, -0.1) is 5.10 Å². The first-order valence-corrected chi connectivity index (χ1v) is 11.9. The summed E-state index contributed by atoms with van der Waals surface area (Å²) >= 11 is 0. The molecule has 40 heavy (non-hydrogen) atoms. The van der Waals surface area contributed by atoms with Crippen LogP contribution in [0.15, 0.2) is 65.5 Å². The fraction of sp³-hybridized carbons (Fsp3) is 0.185. The molecule has 0 fully saturated rings. The van der Waals surface area contributed by atoms with Gasteiger partial charge in [0.1, 0.15) is 29.1 Å². The number of amidine groups is 1.